The second kappa shape index (κ2) is 6.25. The summed E-state index contributed by atoms with van der Waals surface area (Å²) < 4.78 is 13.8. The van der Waals surface area contributed by atoms with E-state index in [0.717, 1.165) is 15.8 Å². The third kappa shape index (κ3) is 2.78. The highest BCUT2D eigenvalue weighted by atomic mass is 32.1. The molecule has 0 spiro atoms. The minimum absolute atomic E-state index is 0.180. The van der Waals surface area contributed by atoms with Crippen LogP contribution >= 0.6 is 11.3 Å². The number of aryl methyl sites for hydroxylation is 1. The molecule has 5 rings (SSSR count). The Hall–Kier alpha value is -3.12. The van der Waals surface area contributed by atoms with Crippen LogP contribution in [0.1, 0.15) is 5.56 Å². The molecule has 134 valence electrons. The number of nitrogens with zero attached hydrogens (tertiary/aromatic N) is 2. The molecule has 0 radical (unpaired) electrons. The van der Waals surface area contributed by atoms with Gasteiger partial charge in [0, 0.05) is 12.4 Å². The van der Waals surface area contributed by atoms with Crippen molar-refractivity contribution in [2.75, 3.05) is 6.79 Å². The summed E-state index contributed by atoms with van der Waals surface area (Å²) in [5.74, 6) is 1.21. The Morgan fingerprint density at radius 1 is 1.11 bits per heavy atom. The Labute approximate surface area is 159 Å². The van der Waals surface area contributed by atoms with Crippen molar-refractivity contribution in [2.45, 2.75) is 6.42 Å². The van der Waals surface area contributed by atoms with E-state index in [4.69, 9.17) is 9.47 Å². The minimum atomic E-state index is -0.180. The van der Waals surface area contributed by atoms with E-state index in [9.17, 15) is 4.79 Å². The van der Waals surface area contributed by atoms with Crippen molar-refractivity contribution >= 4 is 38.2 Å². The van der Waals surface area contributed by atoms with E-state index in [1.165, 1.54) is 10.8 Å². The van der Waals surface area contributed by atoms with Gasteiger partial charge in [0.15, 0.2) is 16.3 Å². The van der Waals surface area contributed by atoms with E-state index in [0.29, 0.717) is 16.3 Å². The van der Waals surface area contributed by atoms with Crippen molar-refractivity contribution in [3.8, 4) is 11.5 Å². The molecule has 0 fully saturated rings. The number of aromatic nitrogens is 1. The smallest absolute Gasteiger partial charge is 0.252 e. The van der Waals surface area contributed by atoms with Crippen LogP contribution in [0.5, 0.6) is 11.5 Å². The summed E-state index contributed by atoms with van der Waals surface area (Å²) in [4.78, 5) is 17.6. The molecule has 1 amide bonds. The van der Waals surface area contributed by atoms with E-state index < -0.39 is 0 Å². The highest BCUT2D eigenvalue weighted by molar-refractivity contribution is 7.17. The van der Waals surface area contributed by atoms with Gasteiger partial charge in [-0.15, -0.1) is 0 Å². The first kappa shape index (κ1) is 16.1. The summed E-state index contributed by atoms with van der Waals surface area (Å²) in [7, 11) is 1.94. The molecule has 6 heteroatoms. The van der Waals surface area contributed by atoms with Gasteiger partial charge in [0.2, 0.25) is 6.79 Å². The highest BCUT2D eigenvalue weighted by Gasteiger charge is 2.14. The van der Waals surface area contributed by atoms with Gasteiger partial charge in [0.25, 0.3) is 5.91 Å². The number of ether oxygens (including phenoxy) is 2. The standard InChI is InChI=1S/C21H16N2O3S/c1-23-16-8-7-14-4-2-3-5-15(14)20(16)27-21(23)22-19(24)11-13-6-9-17-18(10-13)26-12-25-17/h2-10H,11-12H2,1H3. The summed E-state index contributed by atoms with van der Waals surface area (Å²) in [5.41, 5.74) is 1.94. The first-order valence-corrected chi connectivity index (χ1v) is 9.44. The Balaban J connectivity index is 1.52. The van der Waals surface area contributed by atoms with Crippen molar-refractivity contribution in [1.82, 2.24) is 4.57 Å². The molecule has 0 N–H and O–H groups in total. The van der Waals surface area contributed by atoms with Crippen molar-refractivity contribution in [1.29, 1.82) is 0 Å². The summed E-state index contributed by atoms with van der Waals surface area (Å²) in [6.07, 6.45) is 0.228. The largest absolute Gasteiger partial charge is 0.454 e. The van der Waals surface area contributed by atoms with Gasteiger partial charge in [0.05, 0.1) is 16.6 Å². The second-order valence-electron chi connectivity index (χ2n) is 6.45. The maximum absolute atomic E-state index is 12.5. The lowest BCUT2D eigenvalue weighted by Crippen LogP contribution is -2.14. The quantitative estimate of drug-likeness (QED) is 0.535. The molecule has 3 aromatic carbocycles. The van der Waals surface area contributed by atoms with E-state index >= 15 is 0 Å². The Morgan fingerprint density at radius 3 is 2.89 bits per heavy atom. The lowest BCUT2D eigenvalue weighted by molar-refractivity contribution is -0.117. The van der Waals surface area contributed by atoms with Gasteiger partial charge >= 0.3 is 0 Å². The van der Waals surface area contributed by atoms with E-state index in [1.54, 1.807) is 11.3 Å². The van der Waals surface area contributed by atoms with Gasteiger partial charge in [-0.1, -0.05) is 47.7 Å². The summed E-state index contributed by atoms with van der Waals surface area (Å²) in [6.45, 7) is 0.225. The molecular weight excluding hydrogens is 360 g/mol. The fourth-order valence-corrected chi connectivity index (χ4v) is 4.51. The molecule has 0 unspecified atom stereocenters. The van der Waals surface area contributed by atoms with Gasteiger partial charge in [-0.05, 0) is 29.1 Å². The van der Waals surface area contributed by atoms with Gasteiger partial charge in [-0.2, -0.15) is 4.99 Å². The van der Waals surface area contributed by atoms with Crippen LogP contribution in [0.4, 0.5) is 0 Å². The third-order valence-corrected chi connectivity index (χ3v) is 5.89. The number of amides is 1. The van der Waals surface area contributed by atoms with Crippen LogP contribution in [0.3, 0.4) is 0 Å². The summed E-state index contributed by atoms with van der Waals surface area (Å²) >= 11 is 1.54. The molecule has 0 bridgehead atoms. The van der Waals surface area contributed by atoms with Crippen molar-refractivity contribution < 1.29 is 14.3 Å². The number of thiazole rings is 1. The zero-order chi connectivity index (χ0) is 18.4. The molecule has 5 nitrogen and oxygen atoms in total. The van der Waals surface area contributed by atoms with E-state index in [-0.39, 0.29) is 19.1 Å². The SMILES string of the molecule is Cn1c(=NC(=O)Cc2ccc3c(c2)OCO3)sc2c3ccccc3ccc21. The fourth-order valence-electron chi connectivity index (χ4n) is 3.34. The molecule has 0 aliphatic carbocycles. The monoisotopic (exact) mass is 376 g/mol. The molecule has 27 heavy (non-hydrogen) atoms. The average Bonchev–Trinajstić information content (AvgIpc) is 3.26. The van der Waals surface area contributed by atoms with E-state index in [2.05, 4.69) is 29.3 Å². The lowest BCUT2D eigenvalue weighted by Gasteiger charge is -2.00. The first-order chi connectivity index (χ1) is 13.2. The van der Waals surface area contributed by atoms with Crippen LogP contribution in [0.15, 0.2) is 59.6 Å². The fraction of sp³-hybridized carbons (Fsp3) is 0.143. The zero-order valence-electron chi connectivity index (χ0n) is 14.6. The third-order valence-electron chi connectivity index (χ3n) is 4.71. The zero-order valence-corrected chi connectivity index (χ0v) is 15.5. The minimum Gasteiger partial charge on any atom is -0.454 e. The van der Waals surface area contributed by atoms with Crippen LogP contribution in [0.2, 0.25) is 0 Å². The number of carbonyl (C=O) groups is 1. The normalized spacial score (nSPS) is 13.6. The molecule has 1 aromatic heterocycles. The predicted molar refractivity (Wildman–Crippen MR) is 105 cm³/mol. The summed E-state index contributed by atoms with van der Waals surface area (Å²) in [6, 6.07) is 18.0. The van der Waals surface area contributed by atoms with Crippen LogP contribution in [0.25, 0.3) is 21.0 Å². The first-order valence-electron chi connectivity index (χ1n) is 8.62. The van der Waals surface area contributed by atoms with Crippen LogP contribution in [0, 0.1) is 0 Å². The lowest BCUT2D eigenvalue weighted by atomic mass is 10.1. The van der Waals surface area contributed by atoms with Gasteiger partial charge in [-0.3, -0.25) is 4.79 Å². The molecule has 0 saturated heterocycles. The molecule has 0 atom stereocenters. The maximum atomic E-state index is 12.5. The van der Waals surface area contributed by atoms with Crippen LogP contribution < -0.4 is 14.3 Å². The molecular formula is C21H16N2O3S. The highest BCUT2D eigenvalue weighted by Crippen LogP contribution is 2.32. The van der Waals surface area contributed by atoms with Crippen molar-refractivity contribution in [3.63, 3.8) is 0 Å². The maximum Gasteiger partial charge on any atom is 0.252 e. The van der Waals surface area contributed by atoms with Crippen LogP contribution in [-0.2, 0) is 18.3 Å². The Morgan fingerprint density at radius 2 is 1.96 bits per heavy atom. The molecule has 4 aromatic rings. The van der Waals surface area contributed by atoms with E-state index in [1.807, 2.05) is 41.9 Å². The van der Waals surface area contributed by atoms with Gasteiger partial charge < -0.3 is 14.0 Å². The number of rotatable bonds is 2. The topological polar surface area (TPSA) is 52.8 Å². The molecule has 1 aliphatic rings. The number of benzene rings is 3. The van der Waals surface area contributed by atoms with Crippen LogP contribution in [-0.4, -0.2) is 17.3 Å². The number of hydrogen-bond donors (Lipinski definition) is 0. The number of carbonyl (C=O) groups excluding carboxylic acids is 1. The Bertz CT molecular complexity index is 1270. The van der Waals surface area contributed by atoms with Crippen molar-refractivity contribution in [2.24, 2.45) is 12.0 Å². The number of fused-ring (bicyclic) bond motifs is 4. The summed E-state index contributed by atoms with van der Waals surface area (Å²) in [5, 5.41) is 2.37. The predicted octanol–water partition coefficient (Wildman–Crippen LogP) is 3.79. The Kier molecular flexibility index (Phi) is 3.72. The van der Waals surface area contributed by atoms with Gasteiger partial charge in [-0.25, -0.2) is 0 Å². The van der Waals surface area contributed by atoms with Gasteiger partial charge in [0.1, 0.15) is 0 Å². The van der Waals surface area contributed by atoms with Crippen molar-refractivity contribution in [3.05, 3.63) is 65.0 Å². The molecule has 2 heterocycles. The molecule has 1 aliphatic heterocycles. The molecule has 0 saturated carbocycles. The second-order valence-corrected chi connectivity index (χ2v) is 7.43. The number of hydrogen-bond acceptors (Lipinski definition) is 4. The average molecular weight is 376 g/mol.